The Hall–Kier alpha value is -4.47. The number of ether oxygens (including phenoxy) is 2. The summed E-state index contributed by atoms with van der Waals surface area (Å²) in [6, 6.07) is 8.41. The van der Waals surface area contributed by atoms with Crippen LogP contribution in [-0.2, 0) is 27.9 Å². The monoisotopic (exact) mass is 671 g/mol. The highest BCUT2D eigenvalue weighted by molar-refractivity contribution is 5.97. The Morgan fingerprint density at radius 3 is 2.28 bits per heavy atom. The van der Waals surface area contributed by atoms with Gasteiger partial charge in [-0.05, 0) is 38.8 Å². The molecule has 3 heterocycles. The standard InChI is InChI=1S/C29H29F6N5O5.C2H6/c1-26(2,3)45-25(42)36-19-15-18(28(30,31)32)20-23(41)40(4)14-10-6-9-13-27(29(33,34)35,43-16-17-11-7-5-8-12-17)24-39-38-22(44-24)21(19)37-20;1-2/h5-9,11-12,15H,10,13-14,16H2,1-4H3,(H,36,42);1-2H3/b9-6+;. The molecule has 16 heteroatoms. The van der Waals surface area contributed by atoms with Crippen LogP contribution >= 0.6 is 0 Å². The highest BCUT2D eigenvalue weighted by Crippen LogP contribution is 2.46. The number of rotatable bonds is 4. The van der Waals surface area contributed by atoms with Crippen molar-refractivity contribution in [1.29, 1.82) is 0 Å². The molecule has 1 unspecified atom stereocenters. The molecule has 1 N–H and O–H groups in total. The number of nitrogens with zero attached hydrogens (tertiary/aromatic N) is 4. The Morgan fingerprint density at radius 2 is 1.68 bits per heavy atom. The van der Waals surface area contributed by atoms with Crippen LogP contribution in [0.1, 0.15) is 75.0 Å². The Labute approximate surface area is 267 Å². The lowest BCUT2D eigenvalue weighted by molar-refractivity contribution is -0.295. The molecule has 10 nitrogen and oxygen atoms in total. The number of pyridine rings is 1. The molecule has 47 heavy (non-hydrogen) atoms. The summed E-state index contributed by atoms with van der Waals surface area (Å²) in [6.07, 6.45) is -9.84. The van der Waals surface area contributed by atoms with Crippen LogP contribution in [0, 0.1) is 0 Å². The fourth-order valence-electron chi connectivity index (χ4n) is 4.27. The van der Waals surface area contributed by atoms with E-state index in [0.717, 1.165) is 11.0 Å². The number of nitrogens with one attached hydrogen (secondary N) is 1. The molecular weight excluding hydrogens is 636 g/mol. The topological polar surface area (TPSA) is 120 Å². The van der Waals surface area contributed by atoms with Gasteiger partial charge in [0.2, 0.25) is 5.60 Å². The van der Waals surface area contributed by atoms with Gasteiger partial charge in [0.15, 0.2) is 5.69 Å². The average molecular weight is 672 g/mol. The van der Waals surface area contributed by atoms with Gasteiger partial charge in [-0.1, -0.05) is 56.3 Å². The molecule has 0 spiro atoms. The SMILES string of the molecule is CC.CN1CC/C=C/CC(OCc2ccccc2)(C(F)(F)F)c2nnc(o2)-c2nc(c(C(F)(F)F)cc2NC(=O)OC(C)(C)C)C1=O. The molecule has 0 aliphatic carbocycles. The minimum atomic E-state index is -5.14. The minimum Gasteiger partial charge on any atom is -0.444 e. The Balaban J connectivity index is 0.00000294. The molecule has 0 saturated heterocycles. The van der Waals surface area contributed by atoms with Crippen molar-refractivity contribution in [2.24, 2.45) is 0 Å². The highest BCUT2D eigenvalue weighted by atomic mass is 19.4. The van der Waals surface area contributed by atoms with E-state index < -0.39 is 83.0 Å². The van der Waals surface area contributed by atoms with E-state index in [9.17, 15) is 35.9 Å². The van der Waals surface area contributed by atoms with E-state index in [0.29, 0.717) is 11.6 Å². The smallest absolute Gasteiger partial charge is 0.426 e. The zero-order valence-electron chi connectivity index (χ0n) is 26.5. The third-order valence-corrected chi connectivity index (χ3v) is 6.47. The third-order valence-electron chi connectivity index (χ3n) is 6.47. The van der Waals surface area contributed by atoms with E-state index in [1.807, 2.05) is 13.8 Å². The molecule has 1 aromatic carbocycles. The maximum Gasteiger partial charge on any atom is 0.426 e. The van der Waals surface area contributed by atoms with Crippen molar-refractivity contribution < 1.29 is 49.8 Å². The van der Waals surface area contributed by atoms with Gasteiger partial charge < -0.3 is 18.8 Å². The van der Waals surface area contributed by atoms with E-state index in [1.54, 1.807) is 30.3 Å². The number of benzene rings is 1. The van der Waals surface area contributed by atoms with Crippen molar-refractivity contribution in [2.45, 2.75) is 77.6 Å². The van der Waals surface area contributed by atoms with Crippen molar-refractivity contribution in [3.05, 3.63) is 71.3 Å². The summed E-state index contributed by atoms with van der Waals surface area (Å²) in [7, 11) is 1.21. The molecule has 2 aromatic heterocycles. The van der Waals surface area contributed by atoms with Crippen molar-refractivity contribution >= 4 is 17.7 Å². The zero-order chi connectivity index (χ0) is 35.2. The number of alkyl halides is 6. The largest absolute Gasteiger partial charge is 0.444 e. The van der Waals surface area contributed by atoms with Crippen LogP contribution in [0.4, 0.5) is 36.8 Å². The molecule has 2 amide bonds. The van der Waals surface area contributed by atoms with Crippen molar-refractivity contribution in [2.75, 3.05) is 18.9 Å². The average Bonchev–Trinajstić information content (AvgIpc) is 3.47. The summed E-state index contributed by atoms with van der Waals surface area (Å²) in [5.74, 6) is -3.04. The Kier molecular flexibility index (Phi) is 11.4. The van der Waals surface area contributed by atoms with Gasteiger partial charge >= 0.3 is 18.4 Å². The van der Waals surface area contributed by atoms with Gasteiger partial charge in [0.25, 0.3) is 17.7 Å². The summed E-state index contributed by atoms with van der Waals surface area (Å²) < 4.78 is 103. The number of amides is 2. The maximum atomic E-state index is 14.9. The van der Waals surface area contributed by atoms with Crippen LogP contribution in [0.5, 0.6) is 0 Å². The third kappa shape index (κ3) is 8.87. The van der Waals surface area contributed by atoms with Gasteiger partial charge in [0.1, 0.15) is 11.3 Å². The number of carbonyl (C=O) groups is 2. The number of aromatic nitrogens is 3. The summed E-state index contributed by atoms with van der Waals surface area (Å²) in [6.45, 7) is 7.82. The fourth-order valence-corrected chi connectivity index (χ4v) is 4.27. The summed E-state index contributed by atoms with van der Waals surface area (Å²) >= 11 is 0. The highest BCUT2D eigenvalue weighted by Gasteiger charge is 2.61. The van der Waals surface area contributed by atoms with Crippen molar-refractivity contribution in [3.63, 3.8) is 0 Å². The lowest BCUT2D eigenvalue weighted by atomic mass is 9.97. The molecule has 0 fully saturated rings. The zero-order valence-corrected chi connectivity index (χ0v) is 26.5. The molecule has 1 aliphatic rings. The number of halogens is 6. The predicted octanol–water partition coefficient (Wildman–Crippen LogP) is 7.92. The number of fused-ring (bicyclic) bond motifs is 5. The van der Waals surface area contributed by atoms with Gasteiger partial charge in [-0.2, -0.15) is 26.3 Å². The van der Waals surface area contributed by atoms with Gasteiger partial charge in [0.05, 0.1) is 17.9 Å². The van der Waals surface area contributed by atoms with E-state index in [1.165, 1.54) is 33.9 Å². The van der Waals surface area contributed by atoms with E-state index in [-0.39, 0.29) is 13.0 Å². The van der Waals surface area contributed by atoms with Crippen LogP contribution in [0.2, 0.25) is 0 Å². The second-order valence-electron chi connectivity index (χ2n) is 11.1. The van der Waals surface area contributed by atoms with Gasteiger partial charge in [-0.25, -0.2) is 9.78 Å². The second-order valence-corrected chi connectivity index (χ2v) is 11.1. The molecule has 0 saturated carbocycles. The minimum absolute atomic E-state index is 0.0174. The van der Waals surface area contributed by atoms with Gasteiger partial charge in [-0.15, -0.1) is 10.2 Å². The first-order valence-electron chi connectivity index (χ1n) is 14.5. The molecule has 1 aliphatic heterocycles. The van der Waals surface area contributed by atoms with Crippen LogP contribution < -0.4 is 5.32 Å². The molecule has 256 valence electrons. The van der Waals surface area contributed by atoms with Crippen molar-refractivity contribution in [1.82, 2.24) is 20.1 Å². The second kappa shape index (κ2) is 14.5. The van der Waals surface area contributed by atoms with Crippen LogP contribution in [0.15, 0.2) is 53.0 Å². The van der Waals surface area contributed by atoms with Crippen LogP contribution in [0.25, 0.3) is 11.6 Å². The van der Waals surface area contributed by atoms with Crippen molar-refractivity contribution in [3.8, 4) is 11.6 Å². The maximum absolute atomic E-state index is 14.9. The molecule has 4 rings (SSSR count). The van der Waals surface area contributed by atoms with Crippen LogP contribution in [0.3, 0.4) is 0 Å². The summed E-state index contributed by atoms with van der Waals surface area (Å²) in [4.78, 5) is 30.5. The van der Waals surface area contributed by atoms with Gasteiger partial charge in [-0.3, -0.25) is 10.1 Å². The van der Waals surface area contributed by atoms with Crippen LogP contribution in [-0.4, -0.2) is 57.5 Å². The van der Waals surface area contributed by atoms with E-state index in [4.69, 9.17) is 13.9 Å². The number of hydrogen-bond donors (Lipinski definition) is 1. The number of anilines is 1. The number of hydrogen-bond acceptors (Lipinski definition) is 8. The molecule has 4 bridgehead atoms. The lowest BCUT2D eigenvalue weighted by Gasteiger charge is -2.31. The van der Waals surface area contributed by atoms with E-state index in [2.05, 4.69) is 20.5 Å². The first-order valence-corrected chi connectivity index (χ1v) is 14.5. The molecule has 1 atom stereocenters. The van der Waals surface area contributed by atoms with Gasteiger partial charge in [0, 0.05) is 20.0 Å². The molecular formula is C31H35F6N5O5. The number of carbonyl (C=O) groups excluding carboxylic acids is 2. The van der Waals surface area contributed by atoms with E-state index >= 15 is 0 Å². The molecule has 3 aromatic rings. The summed E-state index contributed by atoms with van der Waals surface area (Å²) in [5.41, 5.74) is -7.89. The quantitative estimate of drug-likeness (QED) is 0.220. The Morgan fingerprint density at radius 1 is 1.02 bits per heavy atom. The summed E-state index contributed by atoms with van der Waals surface area (Å²) in [5, 5.41) is 9.33. The molecule has 0 radical (unpaired) electrons. The Bertz CT molecular complexity index is 1570. The fraction of sp³-hybridized carbons (Fsp3) is 0.452. The first-order chi connectivity index (χ1) is 21.9. The normalized spacial score (nSPS) is 18.0. The lowest BCUT2D eigenvalue weighted by Crippen LogP contribution is -2.45. The predicted molar refractivity (Wildman–Crippen MR) is 158 cm³/mol. The first kappa shape index (κ1) is 37.0.